The van der Waals surface area contributed by atoms with Gasteiger partial charge in [0.1, 0.15) is 0 Å². The summed E-state index contributed by atoms with van der Waals surface area (Å²) in [6.07, 6.45) is 0.733. The Hall–Kier alpha value is -1.64. The molecule has 0 radical (unpaired) electrons. The zero-order valence-corrected chi connectivity index (χ0v) is 8.97. The minimum absolute atomic E-state index is 0.294. The van der Waals surface area contributed by atoms with Gasteiger partial charge in [-0.05, 0) is 5.56 Å². The average Bonchev–Trinajstić information content (AvgIpc) is 2.68. The van der Waals surface area contributed by atoms with Crippen molar-refractivity contribution in [3.63, 3.8) is 0 Å². The van der Waals surface area contributed by atoms with Crippen LogP contribution >= 0.6 is 0 Å². The lowest BCUT2D eigenvalue weighted by molar-refractivity contribution is 0.361. The zero-order chi connectivity index (χ0) is 10.7. The van der Waals surface area contributed by atoms with E-state index in [1.165, 1.54) is 5.56 Å². The fourth-order valence-electron chi connectivity index (χ4n) is 1.35. The van der Waals surface area contributed by atoms with Gasteiger partial charge >= 0.3 is 0 Å². The van der Waals surface area contributed by atoms with Gasteiger partial charge in [-0.25, -0.2) is 0 Å². The fourth-order valence-corrected chi connectivity index (χ4v) is 1.35. The van der Waals surface area contributed by atoms with Crippen LogP contribution in [0.3, 0.4) is 0 Å². The predicted octanol–water partition coefficient (Wildman–Crippen LogP) is 2.78. The minimum Gasteiger partial charge on any atom is -0.339 e. The van der Waals surface area contributed by atoms with Gasteiger partial charge in [0.05, 0.1) is 0 Å². The third-order valence-electron chi connectivity index (χ3n) is 2.18. The molecule has 1 heterocycles. The number of hydrogen-bond acceptors (Lipinski definition) is 3. The second kappa shape index (κ2) is 4.26. The second-order valence-electron chi connectivity index (χ2n) is 3.87. The third kappa shape index (κ3) is 2.43. The van der Waals surface area contributed by atoms with Crippen LogP contribution in [0.25, 0.3) is 0 Å². The lowest BCUT2D eigenvalue weighted by atomic mass is 10.1. The smallest absolute Gasteiger partial charge is 0.229 e. The first kappa shape index (κ1) is 9.90. The highest BCUT2D eigenvalue weighted by molar-refractivity contribution is 5.18. The SMILES string of the molecule is CC(C)c1nc(Cc2ccccc2)no1. The molecule has 0 aliphatic heterocycles. The summed E-state index contributed by atoms with van der Waals surface area (Å²) in [4.78, 5) is 4.33. The van der Waals surface area contributed by atoms with Gasteiger partial charge in [-0.3, -0.25) is 0 Å². The van der Waals surface area contributed by atoms with E-state index in [0.29, 0.717) is 11.8 Å². The van der Waals surface area contributed by atoms with Gasteiger partial charge in [0.15, 0.2) is 5.82 Å². The molecule has 0 amide bonds. The molecule has 15 heavy (non-hydrogen) atoms. The van der Waals surface area contributed by atoms with Crippen molar-refractivity contribution in [2.45, 2.75) is 26.2 Å². The van der Waals surface area contributed by atoms with Crippen LogP contribution in [0.15, 0.2) is 34.9 Å². The van der Waals surface area contributed by atoms with Crippen LogP contribution in [0, 0.1) is 0 Å². The molecule has 78 valence electrons. The summed E-state index contributed by atoms with van der Waals surface area (Å²) >= 11 is 0. The highest BCUT2D eigenvalue weighted by atomic mass is 16.5. The zero-order valence-electron chi connectivity index (χ0n) is 8.97. The van der Waals surface area contributed by atoms with Crippen LogP contribution in [0.4, 0.5) is 0 Å². The van der Waals surface area contributed by atoms with Crippen LogP contribution in [0.1, 0.15) is 37.0 Å². The van der Waals surface area contributed by atoms with E-state index in [2.05, 4.69) is 22.3 Å². The molecule has 0 atom stereocenters. The van der Waals surface area contributed by atoms with Gasteiger partial charge < -0.3 is 4.52 Å². The average molecular weight is 202 g/mol. The largest absolute Gasteiger partial charge is 0.339 e. The summed E-state index contributed by atoms with van der Waals surface area (Å²) < 4.78 is 5.14. The molecule has 2 aromatic rings. The number of aromatic nitrogens is 2. The standard InChI is InChI=1S/C12H14N2O/c1-9(2)12-13-11(14-15-12)8-10-6-4-3-5-7-10/h3-7,9H,8H2,1-2H3. The Labute approximate surface area is 89.1 Å². The van der Waals surface area contributed by atoms with Gasteiger partial charge in [-0.15, -0.1) is 0 Å². The van der Waals surface area contributed by atoms with E-state index in [-0.39, 0.29) is 0 Å². The lowest BCUT2D eigenvalue weighted by Gasteiger charge is -1.94. The molecule has 0 spiro atoms. The van der Waals surface area contributed by atoms with Crippen molar-refractivity contribution >= 4 is 0 Å². The van der Waals surface area contributed by atoms with E-state index in [1.807, 2.05) is 32.0 Å². The van der Waals surface area contributed by atoms with Crippen LogP contribution < -0.4 is 0 Å². The topological polar surface area (TPSA) is 38.9 Å². The summed E-state index contributed by atoms with van der Waals surface area (Å²) in [5, 5.41) is 3.95. The minimum atomic E-state index is 0.294. The van der Waals surface area contributed by atoms with Crippen LogP contribution in [-0.4, -0.2) is 10.1 Å². The van der Waals surface area contributed by atoms with E-state index in [4.69, 9.17) is 4.52 Å². The molecule has 0 N–H and O–H groups in total. The van der Waals surface area contributed by atoms with Crippen molar-refractivity contribution in [2.75, 3.05) is 0 Å². The maximum absolute atomic E-state index is 5.14. The number of rotatable bonds is 3. The maximum atomic E-state index is 5.14. The molecule has 1 aromatic heterocycles. The van der Waals surface area contributed by atoms with Crippen molar-refractivity contribution in [3.05, 3.63) is 47.6 Å². The number of hydrogen-bond donors (Lipinski definition) is 0. The fraction of sp³-hybridized carbons (Fsp3) is 0.333. The summed E-state index contributed by atoms with van der Waals surface area (Å²) in [5.74, 6) is 1.76. The highest BCUT2D eigenvalue weighted by Gasteiger charge is 2.09. The van der Waals surface area contributed by atoms with Gasteiger partial charge in [0.2, 0.25) is 5.89 Å². The Balaban J connectivity index is 2.12. The van der Waals surface area contributed by atoms with E-state index in [9.17, 15) is 0 Å². The van der Waals surface area contributed by atoms with Gasteiger partial charge in [0.25, 0.3) is 0 Å². The Morgan fingerprint density at radius 1 is 1.20 bits per heavy atom. The molecular formula is C12H14N2O. The summed E-state index contributed by atoms with van der Waals surface area (Å²) in [6, 6.07) is 10.1. The van der Waals surface area contributed by atoms with E-state index in [0.717, 1.165) is 12.2 Å². The molecule has 2 rings (SSSR count). The van der Waals surface area contributed by atoms with Gasteiger partial charge in [0, 0.05) is 12.3 Å². The van der Waals surface area contributed by atoms with Crippen LogP contribution in [0.5, 0.6) is 0 Å². The number of nitrogens with zero attached hydrogens (tertiary/aromatic N) is 2. The quantitative estimate of drug-likeness (QED) is 0.768. The van der Waals surface area contributed by atoms with Crippen molar-refractivity contribution in [1.29, 1.82) is 0 Å². The van der Waals surface area contributed by atoms with Crippen molar-refractivity contribution < 1.29 is 4.52 Å². The lowest BCUT2D eigenvalue weighted by Crippen LogP contribution is -1.92. The maximum Gasteiger partial charge on any atom is 0.229 e. The second-order valence-corrected chi connectivity index (χ2v) is 3.87. The molecule has 0 aliphatic carbocycles. The van der Waals surface area contributed by atoms with Gasteiger partial charge in [-0.2, -0.15) is 4.98 Å². The molecule has 0 saturated heterocycles. The van der Waals surface area contributed by atoms with Crippen molar-refractivity contribution in [3.8, 4) is 0 Å². The normalized spacial score (nSPS) is 10.9. The first-order valence-electron chi connectivity index (χ1n) is 5.12. The molecule has 0 fully saturated rings. The van der Waals surface area contributed by atoms with Crippen LogP contribution in [-0.2, 0) is 6.42 Å². The summed E-state index contributed by atoms with van der Waals surface area (Å²) in [7, 11) is 0. The van der Waals surface area contributed by atoms with Crippen molar-refractivity contribution in [2.24, 2.45) is 0 Å². The Kier molecular flexibility index (Phi) is 2.81. The molecular weight excluding hydrogens is 188 g/mol. The monoisotopic (exact) mass is 202 g/mol. The number of benzene rings is 1. The third-order valence-corrected chi connectivity index (χ3v) is 2.18. The molecule has 3 nitrogen and oxygen atoms in total. The van der Waals surface area contributed by atoms with Gasteiger partial charge in [-0.1, -0.05) is 49.3 Å². The van der Waals surface area contributed by atoms with E-state index in [1.54, 1.807) is 0 Å². The molecule has 0 aliphatic rings. The first-order valence-corrected chi connectivity index (χ1v) is 5.12. The molecule has 0 saturated carbocycles. The van der Waals surface area contributed by atoms with Crippen LogP contribution in [0.2, 0.25) is 0 Å². The Morgan fingerprint density at radius 3 is 2.53 bits per heavy atom. The van der Waals surface area contributed by atoms with E-state index < -0.39 is 0 Å². The Morgan fingerprint density at radius 2 is 1.93 bits per heavy atom. The Bertz CT molecular complexity index is 420. The molecule has 0 bridgehead atoms. The predicted molar refractivity (Wildman–Crippen MR) is 57.6 cm³/mol. The summed E-state index contributed by atoms with van der Waals surface area (Å²) in [5.41, 5.74) is 1.20. The molecule has 3 heteroatoms. The van der Waals surface area contributed by atoms with Crippen molar-refractivity contribution in [1.82, 2.24) is 10.1 Å². The molecule has 1 aromatic carbocycles. The first-order chi connectivity index (χ1) is 7.25. The van der Waals surface area contributed by atoms with E-state index >= 15 is 0 Å². The highest BCUT2D eigenvalue weighted by Crippen LogP contribution is 2.12. The summed E-state index contributed by atoms with van der Waals surface area (Å²) in [6.45, 7) is 4.08. The molecule has 0 unspecified atom stereocenters.